The van der Waals surface area contributed by atoms with Crippen LogP contribution in [0.15, 0.2) is 12.3 Å². The van der Waals surface area contributed by atoms with Gasteiger partial charge in [-0.15, -0.1) is 0 Å². The van der Waals surface area contributed by atoms with E-state index in [2.05, 4.69) is 10.4 Å². The predicted octanol–water partition coefficient (Wildman–Crippen LogP) is 1.13. The number of halogens is 3. The first kappa shape index (κ1) is 16.0. The molecule has 1 aromatic rings. The molecule has 1 amide bonds. The number of carboxylic acids is 1. The highest BCUT2D eigenvalue weighted by Crippen LogP contribution is 2.27. The Kier molecular flexibility index (Phi) is 5.12. The number of alkyl halides is 3. The fraction of sp³-hybridized carbons (Fsp3) is 0.545. The van der Waals surface area contributed by atoms with E-state index in [0.29, 0.717) is 0 Å². The molecular formula is C11H14F3N3O3. The molecule has 0 radical (unpaired) electrons. The number of hydrogen-bond donors (Lipinski definition) is 2. The van der Waals surface area contributed by atoms with E-state index in [9.17, 15) is 22.8 Å². The van der Waals surface area contributed by atoms with Crippen LogP contribution in [0, 0.1) is 5.92 Å². The molecule has 0 aliphatic rings. The van der Waals surface area contributed by atoms with E-state index < -0.39 is 29.7 Å². The largest absolute Gasteiger partial charge is 0.481 e. The van der Waals surface area contributed by atoms with E-state index in [1.165, 1.54) is 6.92 Å². The predicted molar refractivity (Wildman–Crippen MR) is 61.7 cm³/mol. The normalized spacial score (nSPS) is 13.0. The van der Waals surface area contributed by atoms with Crippen molar-refractivity contribution in [3.8, 4) is 0 Å². The first-order valence-electron chi connectivity index (χ1n) is 5.80. The number of carbonyl (C=O) groups excluding carboxylic acids is 1. The third-order valence-electron chi connectivity index (χ3n) is 2.56. The van der Waals surface area contributed by atoms with Crippen LogP contribution in [0.1, 0.15) is 19.0 Å². The Bertz CT molecular complexity index is 485. The van der Waals surface area contributed by atoms with Crippen LogP contribution in [0.25, 0.3) is 0 Å². The summed E-state index contributed by atoms with van der Waals surface area (Å²) in [4.78, 5) is 22.0. The van der Waals surface area contributed by atoms with Crippen LogP contribution in [0.5, 0.6) is 0 Å². The van der Waals surface area contributed by atoms with Gasteiger partial charge in [-0.3, -0.25) is 14.3 Å². The number of carbonyl (C=O) groups is 2. The van der Waals surface area contributed by atoms with Gasteiger partial charge in [0.1, 0.15) is 6.54 Å². The first-order valence-corrected chi connectivity index (χ1v) is 5.80. The number of hydrogen-bond acceptors (Lipinski definition) is 3. The molecule has 1 atom stereocenters. The average molecular weight is 293 g/mol. The van der Waals surface area contributed by atoms with E-state index in [4.69, 9.17) is 5.11 Å². The minimum absolute atomic E-state index is 0.139. The quantitative estimate of drug-likeness (QED) is 0.823. The van der Waals surface area contributed by atoms with Crippen molar-refractivity contribution in [1.82, 2.24) is 15.1 Å². The second-order valence-corrected chi connectivity index (χ2v) is 4.27. The summed E-state index contributed by atoms with van der Waals surface area (Å²) in [5, 5.41) is 14.3. The van der Waals surface area contributed by atoms with Gasteiger partial charge in [0.05, 0.1) is 5.92 Å². The van der Waals surface area contributed by atoms with Gasteiger partial charge in [0, 0.05) is 12.7 Å². The maximum absolute atomic E-state index is 12.3. The number of nitrogens with one attached hydrogen (secondary N) is 1. The maximum atomic E-state index is 12.3. The van der Waals surface area contributed by atoms with Gasteiger partial charge in [0.25, 0.3) is 0 Å². The molecule has 0 fully saturated rings. The van der Waals surface area contributed by atoms with Crippen LogP contribution >= 0.6 is 0 Å². The Morgan fingerprint density at radius 1 is 1.50 bits per heavy atom. The Hall–Kier alpha value is -2.06. The molecule has 0 aromatic carbocycles. The summed E-state index contributed by atoms with van der Waals surface area (Å²) in [6.07, 6.45) is -3.24. The lowest BCUT2D eigenvalue weighted by Gasteiger charge is -2.08. The van der Waals surface area contributed by atoms with Crippen molar-refractivity contribution >= 4 is 11.9 Å². The van der Waals surface area contributed by atoms with Crippen molar-refractivity contribution in [3.05, 3.63) is 18.0 Å². The van der Waals surface area contributed by atoms with Crippen molar-refractivity contribution in [1.29, 1.82) is 0 Å². The lowest BCUT2D eigenvalue weighted by Crippen LogP contribution is -2.30. The van der Waals surface area contributed by atoms with E-state index >= 15 is 0 Å². The van der Waals surface area contributed by atoms with E-state index in [1.54, 1.807) is 0 Å². The number of aromatic nitrogens is 2. The molecule has 0 spiro atoms. The van der Waals surface area contributed by atoms with Gasteiger partial charge in [0.15, 0.2) is 5.69 Å². The Labute approximate surface area is 112 Å². The zero-order valence-corrected chi connectivity index (χ0v) is 10.6. The second kappa shape index (κ2) is 6.40. The standard InChI is InChI=1S/C11H14F3N3O3/c1-7(10(19)20)2-4-15-9(18)6-17-5-3-8(16-17)11(12,13)14/h3,5,7H,2,4,6H2,1H3,(H,15,18)(H,19,20). The molecule has 6 nitrogen and oxygen atoms in total. The molecule has 0 bridgehead atoms. The third-order valence-corrected chi connectivity index (χ3v) is 2.56. The van der Waals surface area contributed by atoms with E-state index in [-0.39, 0.29) is 19.5 Å². The topological polar surface area (TPSA) is 84.2 Å². The molecule has 2 N–H and O–H groups in total. The molecule has 112 valence electrons. The van der Waals surface area contributed by atoms with Gasteiger partial charge in [-0.2, -0.15) is 18.3 Å². The van der Waals surface area contributed by atoms with Crippen molar-refractivity contribution in [3.63, 3.8) is 0 Å². The molecule has 0 aliphatic carbocycles. The smallest absolute Gasteiger partial charge is 0.435 e. The molecule has 20 heavy (non-hydrogen) atoms. The van der Waals surface area contributed by atoms with Crippen LogP contribution < -0.4 is 5.32 Å². The Morgan fingerprint density at radius 3 is 2.65 bits per heavy atom. The second-order valence-electron chi connectivity index (χ2n) is 4.27. The molecule has 0 aliphatic heterocycles. The molecule has 0 saturated heterocycles. The van der Waals surface area contributed by atoms with Crippen LogP contribution in [-0.2, 0) is 22.3 Å². The Balaban J connectivity index is 2.39. The molecule has 1 aromatic heterocycles. The number of aliphatic carboxylic acids is 1. The van der Waals surface area contributed by atoms with Crippen molar-refractivity contribution in [2.45, 2.75) is 26.1 Å². The van der Waals surface area contributed by atoms with Crippen molar-refractivity contribution in [2.24, 2.45) is 5.92 Å². The first-order chi connectivity index (χ1) is 9.20. The zero-order chi connectivity index (χ0) is 15.3. The van der Waals surface area contributed by atoms with Crippen LogP contribution in [0.4, 0.5) is 13.2 Å². The number of amides is 1. The summed E-state index contributed by atoms with van der Waals surface area (Å²) >= 11 is 0. The SMILES string of the molecule is CC(CCNC(=O)Cn1ccc(C(F)(F)F)n1)C(=O)O. The average Bonchev–Trinajstić information content (AvgIpc) is 2.76. The highest BCUT2D eigenvalue weighted by atomic mass is 19.4. The summed E-state index contributed by atoms with van der Waals surface area (Å²) in [7, 11) is 0. The third kappa shape index (κ3) is 4.90. The molecule has 9 heteroatoms. The van der Waals surface area contributed by atoms with E-state index in [0.717, 1.165) is 16.9 Å². The van der Waals surface area contributed by atoms with Gasteiger partial charge < -0.3 is 10.4 Å². The summed E-state index contributed by atoms with van der Waals surface area (Å²) in [6.45, 7) is 1.29. The van der Waals surface area contributed by atoms with Crippen molar-refractivity contribution < 1.29 is 27.9 Å². The summed E-state index contributed by atoms with van der Waals surface area (Å²) in [5.41, 5.74) is -1.07. The van der Waals surface area contributed by atoms with E-state index in [1.807, 2.05) is 0 Å². The van der Waals surface area contributed by atoms with Gasteiger partial charge >= 0.3 is 12.1 Å². The minimum atomic E-state index is -4.54. The molecule has 0 saturated carbocycles. The van der Waals surface area contributed by atoms with Crippen molar-refractivity contribution in [2.75, 3.05) is 6.54 Å². The lowest BCUT2D eigenvalue weighted by molar-refractivity contribution is -0.142. The minimum Gasteiger partial charge on any atom is -0.481 e. The monoisotopic (exact) mass is 293 g/mol. The van der Waals surface area contributed by atoms with Crippen LogP contribution in [-0.4, -0.2) is 33.3 Å². The fourth-order valence-electron chi connectivity index (χ4n) is 1.36. The molecule has 1 rings (SSSR count). The molecule has 1 unspecified atom stereocenters. The summed E-state index contributed by atoms with van der Waals surface area (Å²) in [6, 6.07) is 0.778. The molecule has 1 heterocycles. The van der Waals surface area contributed by atoms with Gasteiger partial charge in [-0.05, 0) is 12.5 Å². The summed E-state index contributed by atoms with van der Waals surface area (Å²) < 4.78 is 37.7. The number of carboxylic acid groups (broad SMARTS) is 1. The lowest BCUT2D eigenvalue weighted by atomic mass is 10.1. The number of nitrogens with zero attached hydrogens (tertiary/aromatic N) is 2. The maximum Gasteiger partial charge on any atom is 0.435 e. The molecular weight excluding hydrogens is 279 g/mol. The van der Waals surface area contributed by atoms with Gasteiger partial charge in [-0.25, -0.2) is 0 Å². The number of rotatable bonds is 6. The summed E-state index contributed by atoms with van der Waals surface area (Å²) in [5.74, 6) is -2.10. The highest BCUT2D eigenvalue weighted by Gasteiger charge is 2.33. The van der Waals surface area contributed by atoms with Crippen LogP contribution in [0.2, 0.25) is 0 Å². The van der Waals surface area contributed by atoms with Gasteiger partial charge in [0.2, 0.25) is 5.91 Å². The van der Waals surface area contributed by atoms with Gasteiger partial charge in [-0.1, -0.05) is 6.92 Å². The fourth-order valence-corrected chi connectivity index (χ4v) is 1.36. The van der Waals surface area contributed by atoms with Crippen LogP contribution in [0.3, 0.4) is 0 Å². The Morgan fingerprint density at radius 2 is 2.15 bits per heavy atom. The highest BCUT2D eigenvalue weighted by molar-refractivity contribution is 5.75. The zero-order valence-electron chi connectivity index (χ0n) is 10.6.